The molecule has 2 fully saturated rings. The Morgan fingerprint density at radius 2 is 1.88 bits per heavy atom. The first-order chi connectivity index (χ1) is 12.0. The molecule has 25 heavy (non-hydrogen) atoms. The van der Waals surface area contributed by atoms with Gasteiger partial charge in [-0.1, -0.05) is 0 Å². The molecule has 2 amide bonds. The van der Waals surface area contributed by atoms with E-state index in [1.165, 1.54) is 0 Å². The second-order valence-electron chi connectivity index (χ2n) is 6.88. The van der Waals surface area contributed by atoms with E-state index in [0.717, 1.165) is 62.9 Å². The minimum absolute atomic E-state index is 0.0971. The number of likely N-dealkylation sites (tertiary alicyclic amines) is 1. The standard InChI is InChI=1S/C17H27N5O2S/c1-13-12-25-17(18-13)22-9-7-20(8-10-22)11-16(24)19-15-3-5-21(6-4-15)14(2)23/h12,15H,3-11H2,1-2H3,(H,19,24). The summed E-state index contributed by atoms with van der Waals surface area (Å²) >= 11 is 1.69. The van der Waals surface area contributed by atoms with Gasteiger partial charge in [0.25, 0.3) is 0 Å². The van der Waals surface area contributed by atoms with E-state index < -0.39 is 0 Å². The molecule has 1 aromatic rings. The molecular weight excluding hydrogens is 338 g/mol. The third-order valence-corrected chi connectivity index (χ3v) is 5.94. The molecule has 8 heteroatoms. The van der Waals surface area contributed by atoms with Crippen LogP contribution in [0.15, 0.2) is 5.38 Å². The molecule has 0 aliphatic carbocycles. The molecule has 0 saturated carbocycles. The fraction of sp³-hybridized carbons (Fsp3) is 0.706. The van der Waals surface area contributed by atoms with Crippen molar-refractivity contribution in [2.24, 2.45) is 0 Å². The van der Waals surface area contributed by atoms with Crippen LogP contribution in [0.3, 0.4) is 0 Å². The predicted octanol–water partition coefficient (Wildman–Crippen LogP) is 0.701. The van der Waals surface area contributed by atoms with Crippen LogP contribution in [-0.4, -0.2) is 78.5 Å². The number of thiazole rings is 1. The van der Waals surface area contributed by atoms with E-state index in [-0.39, 0.29) is 17.9 Å². The molecule has 0 aromatic carbocycles. The maximum Gasteiger partial charge on any atom is 0.234 e. The van der Waals surface area contributed by atoms with Crippen molar-refractivity contribution < 1.29 is 9.59 Å². The van der Waals surface area contributed by atoms with Crippen molar-refractivity contribution in [3.8, 4) is 0 Å². The van der Waals surface area contributed by atoms with E-state index >= 15 is 0 Å². The number of nitrogens with one attached hydrogen (secondary N) is 1. The molecule has 1 N–H and O–H groups in total. The van der Waals surface area contributed by atoms with Gasteiger partial charge in [-0.2, -0.15) is 0 Å². The van der Waals surface area contributed by atoms with Crippen LogP contribution in [0.4, 0.5) is 5.13 Å². The number of piperidine rings is 1. The van der Waals surface area contributed by atoms with Crippen LogP contribution in [-0.2, 0) is 9.59 Å². The number of rotatable bonds is 4. The summed E-state index contributed by atoms with van der Waals surface area (Å²) in [5.74, 6) is 0.220. The van der Waals surface area contributed by atoms with Gasteiger partial charge in [0.2, 0.25) is 11.8 Å². The quantitative estimate of drug-likeness (QED) is 0.851. The number of carbonyl (C=O) groups excluding carboxylic acids is 2. The summed E-state index contributed by atoms with van der Waals surface area (Å²) in [5, 5.41) is 6.29. The number of nitrogens with zero attached hydrogens (tertiary/aromatic N) is 4. The zero-order chi connectivity index (χ0) is 17.8. The lowest BCUT2D eigenvalue weighted by Crippen LogP contribution is -2.52. The minimum atomic E-state index is 0.0971. The summed E-state index contributed by atoms with van der Waals surface area (Å²) in [7, 11) is 0. The van der Waals surface area contributed by atoms with Gasteiger partial charge in [-0.25, -0.2) is 4.98 Å². The predicted molar refractivity (Wildman–Crippen MR) is 98.9 cm³/mol. The van der Waals surface area contributed by atoms with E-state index in [1.807, 2.05) is 11.8 Å². The second-order valence-corrected chi connectivity index (χ2v) is 7.72. The van der Waals surface area contributed by atoms with Crippen LogP contribution in [0.1, 0.15) is 25.5 Å². The lowest BCUT2D eigenvalue weighted by Gasteiger charge is -2.35. The molecule has 0 atom stereocenters. The largest absolute Gasteiger partial charge is 0.352 e. The van der Waals surface area contributed by atoms with Crippen molar-refractivity contribution in [3.63, 3.8) is 0 Å². The van der Waals surface area contributed by atoms with Crippen molar-refractivity contribution in [3.05, 3.63) is 11.1 Å². The lowest BCUT2D eigenvalue weighted by atomic mass is 10.1. The molecule has 2 saturated heterocycles. The molecule has 0 bridgehead atoms. The van der Waals surface area contributed by atoms with Crippen molar-refractivity contribution in [2.45, 2.75) is 32.7 Å². The van der Waals surface area contributed by atoms with Gasteiger partial charge in [0, 0.05) is 57.6 Å². The Bertz CT molecular complexity index is 604. The Morgan fingerprint density at radius 3 is 2.44 bits per heavy atom. The molecule has 0 radical (unpaired) electrons. The highest BCUT2D eigenvalue weighted by molar-refractivity contribution is 7.13. The van der Waals surface area contributed by atoms with E-state index in [4.69, 9.17) is 0 Å². The third kappa shape index (κ3) is 4.92. The monoisotopic (exact) mass is 365 g/mol. The number of aryl methyl sites for hydroxylation is 1. The first-order valence-electron chi connectivity index (χ1n) is 8.95. The molecule has 0 spiro atoms. The molecule has 7 nitrogen and oxygen atoms in total. The summed E-state index contributed by atoms with van der Waals surface area (Å²) in [5.41, 5.74) is 1.07. The molecule has 1 aromatic heterocycles. The smallest absolute Gasteiger partial charge is 0.234 e. The van der Waals surface area contributed by atoms with Gasteiger partial charge in [-0.3, -0.25) is 14.5 Å². The maximum absolute atomic E-state index is 12.3. The number of hydrogen-bond donors (Lipinski definition) is 1. The minimum Gasteiger partial charge on any atom is -0.352 e. The average Bonchev–Trinajstić information content (AvgIpc) is 3.02. The Labute approximate surface area is 153 Å². The molecule has 2 aliphatic rings. The van der Waals surface area contributed by atoms with Gasteiger partial charge in [-0.05, 0) is 19.8 Å². The van der Waals surface area contributed by atoms with Crippen LogP contribution < -0.4 is 10.2 Å². The highest BCUT2D eigenvalue weighted by Gasteiger charge is 2.24. The Balaban J connectivity index is 1.37. The number of carbonyl (C=O) groups is 2. The highest BCUT2D eigenvalue weighted by Crippen LogP contribution is 2.21. The normalized spacial score (nSPS) is 19.9. The Hall–Kier alpha value is -1.67. The molecule has 0 unspecified atom stereocenters. The van der Waals surface area contributed by atoms with E-state index in [0.29, 0.717) is 6.54 Å². The topological polar surface area (TPSA) is 68.8 Å². The van der Waals surface area contributed by atoms with Crippen LogP contribution in [0.2, 0.25) is 0 Å². The Kier molecular flexibility index (Phi) is 5.90. The highest BCUT2D eigenvalue weighted by atomic mass is 32.1. The van der Waals surface area contributed by atoms with Gasteiger partial charge in [0.1, 0.15) is 0 Å². The van der Waals surface area contributed by atoms with Crippen molar-refractivity contribution in [1.82, 2.24) is 20.1 Å². The van der Waals surface area contributed by atoms with Crippen LogP contribution in [0.5, 0.6) is 0 Å². The fourth-order valence-electron chi connectivity index (χ4n) is 3.40. The fourth-order valence-corrected chi connectivity index (χ4v) is 4.26. The number of amides is 2. The van der Waals surface area contributed by atoms with E-state index in [2.05, 4.69) is 25.5 Å². The van der Waals surface area contributed by atoms with Crippen molar-refractivity contribution in [2.75, 3.05) is 50.7 Å². The number of aromatic nitrogens is 1. The van der Waals surface area contributed by atoms with Gasteiger partial charge in [-0.15, -0.1) is 11.3 Å². The lowest BCUT2D eigenvalue weighted by molar-refractivity contribution is -0.130. The van der Waals surface area contributed by atoms with Gasteiger partial charge in [0.05, 0.1) is 12.2 Å². The molecule has 3 heterocycles. The number of piperazine rings is 1. The van der Waals surface area contributed by atoms with Crippen LogP contribution >= 0.6 is 11.3 Å². The third-order valence-electron chi connectivity index (χ3n) is 4.92. The summed E-state index contributed by atoms with van der Waals surface area (Å²) < 4.78 is 0. The first kappa shape index (κ1) is 18.1. The van der Waals surface area contributed by atoms with E-state index in [9.17, 15) is 9.59 Å². The van der Waals surface area contributed by atoms with Gasteiger partial charge < -0.3 is 15.1 Å². The summed E-state index contributed by atoms with van der Waals surface area (Å²) in [6.07, 6.45) is 1.70. The van der Waals surface area contributed by atoms with Gasteiger partial charge in [0.15, 0.2) is 5.13 Å². The molecule has 3 rings (SSSR count). The number of anilines is 1. The summed E-state index contributed by atoms with van der Waals surface area (Å²) in [4.78, 5) is 34.5. The van der Waals surface area contributed by atoms with Crippen LogP contribution in [0.25, 0.3) is 0 Å². The summed E-state index contributed by atoms with van der Waals surface area (Å²) in [6, 6.07) is 0.197. The summed E-state index contributed by atoms with van der Waals surface area (Å²) in [6.45, 7) is 9.15. The van der Waals surface area contributed by atoms with Crippen LogP contribution in [0, 0.1) is 6.92 Å². The molecule has 138 valence electrons. The number of hydrogen-bond acceptors (Lipinski definition) is 6. The van der Waals surface area contributed by atoms with Gasteiger partial charge >= 0.3 is 0 Å². The average molecular weight is 366 g/mol. The SMILES string of the molecule is CC(=O)N1CCC(NC(=O)CN2CCN(c3nc(C)cs3)CC2)CC1. The molecule has 2 aliphatic heterocycles. The van der Waals surface area contributed by atoms with E-state index in [1.54, 1.807) is 18.3 Å². The first-order valence-corrected chi connectivity index (χ1v) is 9.83. The second kappa shape index (κ2) is 8.14. The Morgan fingerprint density at radius 1 is 1.20 bits per heavy atom. The maximum atomic E-state index is 12.3. The van der Waals surface area contributed by atoms with Crippen molar-refractivity contribution >= 4 is 28.3 Å². The zero-order valence-corrected chi connectivity index (χ0v) is 15.8. The molecular formula is C17H27N5O2S. The zero-order valence-electron chi connectivity index (χ0n) is 15.0. The van der Waals surface area contributed by atoms with Crippen molar-refractivity contribution in [1.29, 1.82) is 0 Å².